The van der Waals surface area contributed by atoms with Gasteiger partial charge in [-0.15, -0.1) is 6.58 Å². The number of allylic oxidation sites excluding steroid dienone is 1. The number of hydrogen-bond donors (Lipinski definition) is 1. The molecule has 9 heteroatoms. The summed E-state index contributed by atoms with van der Waals surface area (Å²) < 4.78 is 12.0. The van der Waals surface area contributed by atoms with Gasteiger partial charge in [-0.05, 0) is 73.0 Å². The van der Waals surface area contributed by atoms with E-state index >= 15 is 0 Å². The topological polar surface area (TPSA) is 84.9 Å². The summed E-state index contributed by atoms with van der Waals surface area (Å²) in [6.45, 7) is 6.31. The zero-order valence-electron chi connectivity index (χ0n) is 20.5. The average Bonchev–Trinajstić information content (AvgIpc) is 2.87. The molecule has 0 spiro atoms. The van der Waals surface area contributed by atoms with Gasteiger partial charge in [0.25, 0.3) is 11.8 Å². The van der Waals surface area contributed by atoms with E-state index in [1.807, 2.05) is 19.1 Å². The van der Waals surface area contributed by atoms with Crippen molar-refractivity contribution in [2.24, 2.45) is 0 Å². The highest BCUT2D eigenvalue weighted by Crippen LogP contribution is 2.36. The van der Waals surface area contributed by atoms with Crippen LogP contribution in [-0.4, -0.2) is 24.5 Å². The lowest BCUT2D eigenvalue weighted by Crippen LogP contribution is -2.54. The minimum atomic E-state index is -0.854. The number of barbiturate groups is 1. The molecule has 3 aromatic rings. The van der Waals surface area contributed by atoms with Crippen molar-refractivity contribution in [3.8, 4) is 11.5 Å². The second kappa shape index (κ2) is 12.0. The number of nitrogens with zero attached hydrogens (tertiary/aromatic N) is 1. The fourth-order valence-corrected chi connectivity index (χ4v) is 4.22. The third-order valence-electron chi connectivity index (χ3n) is 5.59. The monoisotopic (exact) mass is 550 g/mol. The van der Waals surface area contributed by atoms with Crippen molar-refractivity contribution >= 4 is 52.8 Å². The lowest BCUT2D eigenvalue weighted by Gasteiger charge is -2.26. The molecule has 4 amide bonds. The van der Waals surface area contributed by atoms with E-state index in [2.05, 4.69) is 11.9 Å². The van der Waals surface area contributed by atoms with Crippen LogP contribution in [0.5, 0.6) is 11.5 Å². The summed E-state index contributed by atoms with van der Waals surface area (Å²) in [6.07, 6.45) is 3.58. The molecule has 0 atom stereocenters. The Balaban J connectivity index is 1.71. The lowest BCUT2D eigenvalue weighted by molar-refractivity contribution is -0.122. The van der Waals surface area contributed by atoms with Crippen molar-refractivity contribution in [2.45, 2.75) is 20.0 Å². The number of anilines is 1. The molecule has 1 heterocycles. The Hall–Kier alpha value is -4.07. The van der Waals surface area contributed by atoms with Crippen LogP contribution in [0.3, 0.4) is 0 Å². The number of urea groups is 1. The standard InChI is InChI=1S/C29H24Cl2N2O5/c1-3-6-20-13-19(15-25(37-4-2)26(20)38-17-18-9-11-21(30)12-10-18)14-24-27(34)32-29(36)33(28(24)35)23-8-5-7-22(31)16-23/h3,5,7-16H,1,4,6,17H2,2H3,(H,32,34,36)/b24-14+. The number of rotatable bonds is 9. The zero-order chi connectivity index (χ0) is 27.2. The number of benzene rings is 3. The molecule has 1 fully saturated rings. The van der Waals surface area contributed by atoms with Crippen molar-refractivity contribution in [1.29, 1.82) is 0 Å². The van der Waals surface area contributed by atoms with Gasteiger partial charge in [0.05, 0.1) is 12.3 Å². The van der Waals surface area contributed by atoms with Crippen molar-refractivity contribution in [3.63, 3.8) is 0 Å². The van der Waals surface area contributed by atoms with Gasteiger partial charge in [0.2, 0.25) is 0 Å². The Kier molecular flexibility index (Phi) is 8.51. The Morgan fingerprint density at radius 1 is 0.974 bits per heavy atom. The van der Waals surface area contributed by atoms with Gasteiger partial charge in [-0.1, -0.05) is 47.5 Å². The number of halogens is 2. The highest BCUT2D eigenvalue weighted by molar-refractivity contribution is 6.39. The molecule has 1 aliphatic heterocycles. The van der Waals surface area contributed by atoms with Crippen molar-refractivity contribution in [1.82, 2.24) is 5.32 Å². The van der Waals surface area contributed by atoms with Gasteiger partial charge >= 0.3 is 6.03 Å². The van der Waals surface area contributed by atoms with E-state index in [0.717, 1.165) is 16.0 Å². The number of carbonyl (C=O) groups excluding carboxylic acids is 3. The van der Waals surface area contributed by atoms with Crippen LogP contribution in [0.1, 0.15) is 23.6 Å². The van der Waals surface area contributed by atoms with Crippen LogP contribution >= 0.6 is 23.2 Å². The molecule has 4 rings (SSSR count). The van der Waals surface area contributed by atoms with Crippen molar-refractivity contribution in [3.05, 3.63) is 106 Å². The molecular weight excluding hydrogens is 527 g/mol. The quantitative estimate of drug-likeness (QED) is 0.190. The molecule has 0 aliphatic carbocycles. The molecule has 0 radical (unpaired) electrons. The van der Waals surface area contributed by atoms with Gasteiger partial charge in [-0.3, -0.25) is 14.9 Å². The molecule has 3 aromatic carbocycles. The molecule has 0 aromatic heterocycles. The normalized spacial score (nSPS) is 14.4. The third kappa shape index (κ3) is 6.07. The van der Waals surface area contributed by atoms with E-state index in [-0.39, 0.29) is 17.9 Å². The first kappa shape index (κ1) is 27.0. The number of ether oxygens (including phenoxy) is 2. The van der Waals surface area contributed by atoms with Gasteiger partial charge in [0, 0.05) is 15.6 Å². The molecule has 0 unspecified atom stereocenters. The van der Waals surface area contributed by atoms with Crippen LogP contribution in [0, 0.1) is 0 Å². The summed E-state index contributed by atoms with van der Waals surface area (Å²) in [7, 11) is 0. The molecule has 194 valence electrons. The second-order valence-electron chi connectivity index (χ2n) is 8.29. The largest absolute Gasteiger partial charge is 0.490 e. The predicted molar refractivity (Wildman–Crippen MR) is 148 cm³/mol. The van der Waals surface area contributed by atoms with Gasteiger partial charge < -0.3 is 9.47 Å². The van der Waals surface area contributed by atoms with Crippen LogP contribution in [0.4, 0.5) is 10.5 Å². The van der Waals surface area contributed by atoms with Gasteiger partial charge in [0.15, 0.2) is 11.5 Å². The van der Waals surface area contributed by atoms with Gasteiger partial charge in [0.1, 0.15) is 12.2 Å². The Morgan fingerprint density at radius 3 is 2.42 bits per heavy atom. The van der Waals surface area contributed by atoms with Gasteiger partial charge in [-0.2, -0.15) is 0 Å². The van der Waals surface area contributed by atoms with E-state index in [9.17, 15) is 14.4 Å². The first-order valence-electron chi connectivity index (χ1n) is 11.8. The maximum absolute atomic E-state index is 13.3. The molecule has 0 bridgehead atoms. The predicted octanol–water partition coefficient (Wildman–Crippen LogP) is 6.37. The molecule has 0 saturated carbocycles. The smallest absolute Gasteiger partial charge is 0.335 e. The summed E-state index contributed by atoms with van der Waals surface area (Å²) in [4.78, 5) is 39.3. The zero-order valence-corrected chi connectivity index (χ0v) is 22.0. The maximum Gasteiger partial charge on any atom is 0.335 e. The summed E-state index contributed by atoms with van der Waals surface area (Å²) in [5.74, 6) is -0.602. The summed E-state index contributed by atoms with van der Waals surface area (Å²) >= 11 is 12.0. The van der Waals surface area contributed by atoms with Crippen LogP contribution in [0.25, 0.3) is 6.08 Å². The van der Waals surface area contributed by atoms with E-state index in [1.165, 1.54) is 12.1 Å². The molecular formula is C29H24Cl2N2O5. The SMILES string of the molecule is C=CCc1cc(/C=C2\C(=O)NC(=O)N(c3cccc(Cl)c3)C2=O)cc(OCC)c1OCc1ccc(Cl)cc1. The number of amides is 4. The number of hydrogen-bond acceptors (Lipinski definition) is 5. The average molecular weight is 551 g/mol. The van der Waals surface area contributed by atoms with Crippen molar-refractivity contribution < 1.29 is 23.9 Å². The molecule has 1 aliphatic rings. The molecule has 1 N–H and O–H groups in total. The molecule has 7 nitrogen and oxygen atoms in total. The second-order valence-corrected chi connectivity index (χ2v) is 9.16. The maximum atomic E-state index is 13.3. The fourth-order valence-electron chi connectivity index (χ4n) is 3.91. The van der Waals surface area contributed by atoms with Crippen LogP contribution in [0.15, 0.2) is 78.9 Å². The summed E-state index contributed by atoms with van der Waals surface area (Å²) in [5, 5.41) is 3.19. The number of carbonyl (C=O) groups is 3. The van der Waals surface area contributed by atoms with E-state index in [0.29, 0.717) is 40.1 Å². The summed E-state index contributed by atoms with van der Waals surface area (Å²) in [6, 6.07) is 16.2. The molecule has 38 heavy (non-hydrogen) atoms. The molecule has 1 saturated heterocycles. The number of imide groups is 2. The van der Waals surface area contributed by atoms with E-state index in [1.54, 1.807) is 48.5 Å². The van der Waals surface area contributed by atoms with Crippen LogP contribution in [-0.2, 0) is 22.6 Å². The Labute approximate surface area is 230 Å². The highest BCUT2D eigenvalue weighted by atomic mass is 35.5. The Morgan fingerprint density at radius 2 is 1.74 bits per heavy atom. The van der Waals surface area contributed by atoms with Crippen LogP contribution in [0.2, 0.25) is 10.0 Å². The van der Waals surface area contributed by atoms with E-state index < -0.39 is 17.8 Å². The van der Waals surface area contributed by atoms with Crippen molar-refractivity contribution in [2.75, 3.05) is 11.5 Å². The summed E-state index contributed by atoms with van der Waals surface area (Å²) in [5.41, 5.74) is 2.21. The minimum Gasteiger partial charge on any atom is -0.490 e. The fraction of sp³-hybridized carbons (Fsp3) is 0.138. The highest BCUT2D eigenvalue weighted by Gasteiger charge is 2.37. The first-order chi connectivity index (χ1) is 18.3. The van der Waals surface area contributed by atoms with E-state index in [4.69, 9.17) is 32.7 Å². The lowest BCUT2D eigenvalue weighted by atomic mass is 10.0. The minimum absolute atomic E-state index is 0.216. The third-order valence-corrected chi connectivity index (χ3v) is 6.08. The van der Waals surface area contributed by atoms with Crippen LogP contribution < -0.4 is 19.7 Å². The Bertz CT molecular complexity index is 1430. The number of nitrogens with one attached hydrogen (secondary N) is 1. The first-order valence-corrected chi connectivity index (χ1v) is 12.5. The van der Waals surface area contributed by atoms with Gasteiger partial charge in [-0.25, -0.2) is 9.69 Å².